The summed E-state index contributed by atoms with van der Waals surface area (Å²) in [6.07, 6.45) is 4.08. The van der Waals surface area contributed by atoms with Crippen LogP contribution in [0.25, 0.3) is 0 Å². The molecule has 0 aliphatic heterocycles. The molecule has 13 heavy (non-hydrogen) atoms. The third-order valence-electron chi connectivity index (χ3n) is 2.16. The summed E-state index contributed by atoms with van der Waals surface area (Å²) in [4.78, 5) is 0. The lowest BCUT2D eigenvalue weighted by Crippen LogP contribution is -2.42. The Morgan fingerprint density at radius 2 is 1.46 bits per heavy atom. The lowest BCUT2D eigenvalue weighted by Gasteiger charge is -2.00. The first-order valence-electron chi connectivity index (χ1n) is 4.41. The van der Waals surface area contributed by atoms with E-state index in [2.05, 4.69) is 35.3 Å². The first kappa shape index (κ1) is 8.05. The molecule has 0 spiro atoms. The maximum absolute atomic E-state index is 2.17. The topological polar surface area (TPSA) is 8.81 Å². The molecule has 0 N–H and O–H groups in total. The fraction of sp³-hybridized carbons (Fsp3) is 0.182. The van der Waals surface area contributed by atoms with E-state index in [-0.39, 0.29) is 0 Å². The molecule has 0 radical (unpaired) electrons. The fourth-order valence-electron chi connectivity index (χ4n) is 1.55. The van der Waals surface area contributed by atoms with Crippen molar-refractivity contribution in [3.05, 3.63) is 54.1 Å². The van der Waals surface area contributed by atoms with Gasteiger partial charge < -0.3 is 0 Å². The number of aromatic nitrogens is 2. The Morgan fingerprint density at radius 3 is 2.00 bits per heavy atom. The first-order valence-corrected chi connectivity index (χ1v) is 4.41. The van der Waals surface area contributed by atoms with E-state index in [1.54, 1.807) is 0 Å². The van der Waals surface area contributed by atoms with Gasteiger partial charge in [-0.05, 0) is 26.0 Å². The van der Waals surface area contributed by atoms with Gasteiger partial charge in [0.2, 0.25) is 0 Å². The van der Waals surface area contributed by atoms with Crippen LogP contribution in [0.5, 0.6) is 0 Å². The van der Waals surface area contributed by atoms with Gasteiger partial charge >= 0.3 is 0 Å². The van der Waals surface area contributed by atoms with Crippen LogP contribution in [0.1, 0.15) is 11.4 Å². The first-order chi connectivity index (χ1) is 6.29. The second kappa shape index (κ2) is 3.05. The van der Waals surface area contributed by atoms with Crippen LogP contribution in [0, 0.1) is 13.8 Å². The largest absolute Gasteiger partial charge is 0.200 e. The van der Waals surface area contributed by atoms with Crippen LogP contribution >= 0.6 is 0 Å². The van der Waals surface area contributed by atoms with Crippen LogP contribution in [0.2, 0.25) is 0 Å². The summed E-state index contributed by atoms with van der Waals surface area (Å²) in [7, 11) is 0. The zero-order chi connectivity index (χ0) is 9.26. The standard InChI is InChI=1S/C11H13N2/c1-10-6-7-11(2)13(10)12-8-4-3-5-9-12/h3-9H,1-2H3/q+1. The van der Waals surface area contributed by atoms with Gasteiger partial charge in [0.25, 0.3) is 0 Å². The summed E-state index contributed by atoms with van der Waals surface area (Å²) in [6, 6.07) is 10.3. The summed E-state index contributed by atoms with van der Waals surface area (Å²) in [6.45, 7) is 4.21. The Kier molecular flexibility index (Phi) is 1.89. The van der Waals surface area contributed by atoms with Crippen LogP contribution in [0.3, 0.4) is 0 Å². The Bertz CT molecular complexity index is 382. The molecule has 0 unspecified atom stereocenters. The van der Waals surface area contributed by atoms with E-state index in [0.717, 1.165) is 0 Å². The van der Waals surface area contributed by atoms with E-state index in [4.69, 9.17) is 0 Å². The van der Waals surface area contributed by atoms with E-state index in [9.17, 15) is 0 Å². The van der Waals surface area contributed by atoms with E-state index < -0.39 is 0 Å². The minimum Gasteiger partial charge on any atom is -0.125 e. The number of rotatable bonds is 1. The van der Waals surface area contributed by atoms with Gasteiger partial charge in [-0.2, -0.15) is 0 Å². The van der Waals surface area contributed by atoms with Crippen molar-refractivity contribution in [2.45, 2.75) is 13.8 Å². The second-order valence-corrected chi connectivity index (χ2v) is 3.18. The predicted octanol–water partition coefficient (Wildman–Crippen LogP) is 1.70. The molecule has 0 saturated heterocycles. The SMILES string of the molecule is Cc1ccc(C)n1-[n+]1ccccc1. The zero-order valence-electron chi connectivity index (χ0n) is 7.94. The molecule has 0 fully saturated rings. The monoisotopic (exact) mass is 173 g/mol. The van der Waals surface area contributed by atoms with Crippen molar-refractivity contribution in [3.8, 4) is 0 Å². The Labute approximate surface area is 78.0 Å². The molecule has 2 nitrogen and oxygen atoms in total. The van der Waals surface area contributed by atoms with Crippen LogP contribution in [-0.4, -0.2) is 4.68 Å². The Morgan fingerprint density at radius 1 is 0.923 bits per heavy atom. The molecule has 2 heteroatoms. The van der Waals surface area contributed by atoms with Gasteiger partial charge in [-0.3, -0.25) is 0 Å². The Balaban J connectivity index is 2.59. The molecule has 2 aromatic heterocycles. The average molecular weight is 173 g/mol. The van der Waals surface area contributed by atoms with E-state index in [0.29, 0.717) is 0 Å². The van der Waals surface area contributed by atoms with Crippen molar-refractivity contribution in [1.29, 1.82) is 0 Å². The van der Waals surface area contributed by atoms with Crippen molar-refractivity contribution in [1.82, 2.24) is 4.68 Å². The molecule has 0 atom stereocenters. The number of hydrogen-bond donors (Lipinski definition) is 0. The molecule has 0 aromatic carbocycles. The summed E-state index contributed by atoms with van der Waals surface area (Å²) in [5.74, 6) is 0. The van der Waals surface area contributed by atoms with Crippen molar-refractivity contribution >= 4 is 0 Å². The molecule has 66 valence electrons. The number of aryl methyl sites for hydroxylation is 2. The normalized spacial score (nSPS) is 10.3. The van der Waals surface area contributed by atoms with Crippen LogP contribution in [0.4, 0.5) is 0 Å². The molecule has 0 aliphatic rings. The fourth-order valence-corrected chi connectivity index (χ4v) is 1.55. The van der Waals surface area contributed by atoms with Gasteiger partial charge in [0.15, 0.2) is 12.4 Å². The van der Waals surface area contributed by atoms with Crippen LogP contribution in [-0.2, 0) is 0 Å². The average Bonchev–Trinajstić information content (AvgIpc) is 2.48. The predicted molar refractivity (Wildman–Crippen MR) is 51.3 cm³/mol. The third kappa shape index (κ3) is 1.35. The van der Waals surface area contributed by atoms with Crippen molar-refractivity contribution in [2.75, 3.05) is 0 Å². The Hall–Kier alpha value is -1.57. The minimum absolute atomic E-state index is 1.24. The molecule has 0 amide bonds. The maximum atomic E-state index is 2.17. The third-order valence-corrected chi connectivity index (χ3v) is 2.16. The minimum atomic E-state index is 1.24. The molecular weight excluding hydrogens is 160 g/mol. The quantitative estimate of drug-likeness (QED) is 0.580. The van der Waals surface area contributed by atoms with Crippen LogP contribution in [0.15, 0.2) is 42.7 Å². The molecule has 2 rings (SSSR count). The summed E-state index contributed by atoms with van der Waals surface area (Å²) in [5.41, 5.74) is 2.49. The molecule has 2 aromatic rings. The molecule has 0 aliphatic carbocycles. The van der Waals surface area contributed by atoms with Crippen molar-refractivity contribution in [3.63, 3.8) is 0 Å². The molecular formula is C11H13N2+. The van der Waals surface area contributed by atoms with Gasteiger partial charge in [-0.1, -0.05) is 10.7 Å². The number of hydrogen-bond acceptors (Lipinski definition) is 0. The summed E-state index contributed by atoms with van der Waals surface area (Å²) in [5, 5.41) is 0. The number of pyridine rings is 1. The van der Waals surface area contributed by atoms with Crippen molar-refractivity contribution < 1.29 is 4.68 Å². The maximum Gasteiger partial charge on any atom is 0.200 e. The zero-order valence-corrected chi connectivity index (χ0v) is 7.94. The summed E-state index contributed by atoms with van der Waals surface area (Å²) < 4.78 is 4.24. The highest BCUT2D eigenvalue weighted by Crippen LogP contribution is 2.02. The lowest BCUT2D eigenvalue weighted by atomic mass is 10.5. The van der Waals surface area contributed by atoms with Crippen molar-refractivity contribution in [2.24, 2.45) is 0 Å². The van der Waals surface area contributed by atoms with E-state index in [1.807, 2.05) is 30.6 Å². The van der Waals surface area contributed by atoms with Gasteiger partial charge in [-0.15, -0.1) is 4.68 Å². The number of nitrogens with zero attached hydrogens (tertiary/aromatic N) is 2. The van der Waals surface area contributed by atoms with E-state index in [1.165, 1.54) is 11.4 Å². The molecule has 0 bridgehead atoms. The van der Waals surface area contributed by atoms with Crippen LogP contribution < -0.4 is 4.68 Å². The highest BCUT2D eigenvalue weighted by molar-refractivity contribution is 5.11. The van der Waals surface area contributed by atoms with Gasteiger partial charge in [-0.25, -0.2) is 0 Å². The highest BCUT2D eigenvalue weighted by atomic mass is 15.4. The molecule has 0 saturated carbocycles. The van der Waals surface area contributed by atoms with Gasteiger partial charge in [0.1, 0.15) is 0 Å². The second-order valence-electron chi connectivity index (χ2n) is 3.18. The van der Waals surface area contributed by atoms with Gasteiger partial charge in [0, 0.05) is 12.1 Å². The smallest absolute Gasteiger partial charge is 0.125 e. The summed E-state index contributed by atoms with van der Waals surface area (Å²) >= 11 is 0. The van der Waals surface area contributed by atoms with Gasteiger partial charge in [0.05, 0.1) is 11.4 Å². The lowest BCUT2D eigenvalue weighted by molar-refractivity contribution is -0.729. The van der Waals surface area contributed by atoms with E-state index >= 15 is 0 Å². The highest BCUT2D eigenvalue weighted by Gasteiger charge is 2.07. The molecule has 2 heterocycles.